The van der Waals surface area contributed by atoms with Gasteiger partial charge in [0.1, 0.15) is 12.3 Å². The first-order valence-electron chi connectivity index (χ1n) is 8.15. The molecule has 1 heterocycles. The maximum absolute atomic E-state index is 11.2. The fourth-order valence-electron chi connectivity index (χ4n) is 2.15. The smallest absolute Gasteiger partial charge is 0.305 e. The monoisotopic (exact) mass is 329 g/mol. The summed E-state index contributed by atoms with van der Waals surface area (Å²) >= 11 is 0. The van der Waals surface area contributed by atoms with Gasteiger partial charge in [0.2, 0.25) is 0 Å². The molecule has 0 bridgehead atoms. The third-order valence-electron chi connectivity index (χ3n) is 3.35. The highest BCUT2D eigenvalue weighted by molar-refractivity contribution is 6.00. The molecule has 0 aliphatic rings. The van der Waals surface area contributed by atoms with Gasteiger partial charge in [0.15, 0.2) is 0 Å². The van der Waals surface area contributed by atoms with Crippen molar-refractivity contribution in [3.63, 3.8) is 0 Å². The fourth-order valence-corrected chi connectivity index (χ4v) is 2.15. The summed E-state index contributed by atoms with van der Waals surface area (Å²) in [6.45, 7) is 3.29. The van der Waals surface area contributed by atoms with Crippen molar-refractivity contribution in [1.29, 1.82) is 0 Å². The number of hydrogen-bond donors (Lipinski definition) is 0. The van der Waals surface area contributed by atoms with Gasteiger partial charge in [-0.1, -0.05) is 35.5 Å². The predicted molar refractivity (Wildman–Crippen MR) is 91.6 cm³/mol. The van der Waals surface area contributed by atoms with Gasteiger partial charge < -0.3 is 14.1 Å². The maximum atomic E-state index is 11.2. The second-order valence-electron chi connectivity index (χ2n) is 5.23. The van der Waals surface area contributed by atoms with Crippen LogP contribution in [-0.4, -0.2) is 34.4 Å². The highest BCUT2D eigenvalue weighted by Crippen LogP contribution is 2.06. The van der Waals surface area contributed by atoms with Gasteiger partial charge in [-0.15, -0.1) is 0 Å². The van der Waals surface area contributed by atoms with E-state index < -0.39 is 0 Å². The summed E-state index contributed by atoms with van der Waals surface area (Å²) in [6, 6.07) is 9.91. The van der Waals surface area contributed by atoms with Gasteiger partial charge in [-0.2, -0.15) is 0 Å². The van der Waals surface area contributed by atoms with Crippen molar-refractivity contribution in [2.75, 3.05) is 13.2 Å². The van der Waals surface area contributed by atoms with Crippen molar-refractivity contribution >= 4 is 11.7 Å². The van der Waals surface area contributed by atoms with Crippen LogP contribution in [0, 0.1) is 0 Å². The molecule has 0 saturated carbocycles. The Bertz CT molecular complexity index is 624. The van der Waals surface area contributed by atoms with Gasteiger partial charge in [-0.3, -0.25) is 4.79 Å². The number of benzene rings is 1. The van der Waals surface area contributed by atoms with E-state index in [2.05, 4.69) is 10.1 Å². The zero-order valence-electron chi connectivity index (χ0n) is 13.9. The van der Waals surface area contributed by atoms with E-state index in [1.165, 1.54) is 0 Å². The lowest BCUT2D eigenvalue weighted by atomic mass is 10.1. The lowest BCUT2D eigenvalue weighted by molar-refractivity contribution is -0.143. The van der Waals surface area contributed by atoms with E-state index in [0.29, 0.717) is 26.2 Å². The van der Waals surface area contributed by atoms with Crippen molar-refractivity contribution in [1.82, 2.24) is 9.55 Å². The Balaban J connectivity index is 1.83. The molecule has 0 fully saturated rings. The van der Waals surface area contributed by atoms with Crippen LogP contribution in [0.3, 0.4) is 0 Å². The molecule has 2 aromatic rings. The number of unbranched alkanes of at least 4 members (excludes halogenated alkanes) is 1. The molecule has 0 atom stereocenters. The summed E-state index contributed by atoms with van der Waals surface area (Å²) in [5.41, 5.74) is 1.84. The molecule has 128 valence electrons. The van der Waals surface area contributed by atoms with Gasteiger partial charge >= 0.3 is 5.97 Å². The van der Waals surface area contributed by atoms with Crippen LogP contribution in [0.2, 0.25) is 0 Å². The SMILES string of the molecule is CCOC(=O)CCCCO/N=C(\Cn1ccnc1)c1ccccc1. The number of rotatable bonds is 10. The lowest BCUT2D eigenvalue weighted by Crippen LogP contribution is -2.11. The molecule has 0 unspecified atom stereocenters. The van der Waals surface area contributed by atoms with Crippen molar-refractivity contribution < 1.29 is 14.4 Å². The van der Waals surface area contributed by atoms with Crippen molar-refractivity contribution in [3.8, 4) is 0 Å². The average Bonchev–Trinajstić information content (AvgIpc) is 3.11. The Kier molecular flexibility index (Phi) is 7.53. The molecule has 6 heteroatoms. The van der Waals surface area contributed by atoms with E-state index >= 15 is 0 Å². The highest BCUT2D eigenvalue weighted by Gasteiger charge is 2.06. The van der Waals surface area contributed by atoms with E-state index in [0.717, 1.165) is 24.1 Å². The normalized spacial score (nSPS) is 11.3. The third-order valence-corrected chi connectivity index (χ3v) is 3.35. The Morgan fingerprint density at radius 2 is 2.08 bits per heavy atom. The minimum atomic E-state index is -0.161. The topological polar surface area (TPSA) is 65.7 Å². The minimum Gasteiger partial charge on any atom is -0.466 e. The molecule has 0 spiro atoms. The molecular weight excluding hydrogens is 306 g/mol. The first-order valence-corrected chi connectivity index (χ1v) is 8.15. The standard InChI is InChI=1S/C18H23N3O3/c1-2-23-18(22)10-6-7-13-24-20-17(14-21-12-11-19-15-21)16-8-4-3-5-9-16/h3-5,8-9,11-12,15H,2,6-7,10,13-14H2,1H3/b20-17+. The Labute approximate surface area is 142 Å². The molecule has 24 heavy (non-hydrogen) atoms. The van der Waals surface area contributed by atoms with Crippen LogP contribution in [0.25, 0.3) is 0 Å². The molecular formula is C18H23N3O3. The van der Waals surface area contributed by atoms with E-state index in [-0.39, 0.29) is 5.97 Å². The first-order chi connectivity index (χ1) is 11.8. The van der Waals surface area contributed by atoms with Crippen LogP contribution in [0.15, 0.2) is 54.2 Å². The lowest BCUT2D eigenvalue weighted by Gasteiger charge is -2.08. The number of carbonyl (C=O) groups excluding carboxylic acids is 1. The summed E-state index contributed by atoms with van der Waals surface area (Å²) in [4.78, 5) is 20.7. The third kappa shape index (κ3) is 6.24. The van der Waals surface area contributed by atoms with Crippen LogP contribution in [0.1, 0.15) is 31.7 Å². The summed E-state index contributed by atoms with van der Waals surface area (Å²) in [5, 5.41) is 4.27. The number of nitrogens with zero attached hydrogens (tertiary/aromatic N) is 3. The molecule has 0 saturated heterocycles. The zero-order valence-corrected chi connectivity index (χ0v) is 13.9. The van der Waals surface area contributed by atoms with Gasteiger partial charge in [-0.05, 0) is 19.8 Å². The van der Waals surface area contributed by atoms with Gasteiger partial charge in [-0.25, -0.2) is 4.98 Å². The van der Waals surface area contributed by atoms with E-state index in [1.54, 1.807) is 19.4 Å². The van der Waals surface area contributed by atoms with Crippen LogP contribution in [-0.2, 0) is 20.9 Å². The molecule has 0 aliphatic heterocycles. The van der Waals surface area contributed by atoms with Crippen LogP contribution in [0.4, 0.5) is 0 Å². The second kappa shape index (κ2) is 10.2. The summed E-state index contributed by atoms with van der Waals surface area (Å²) in [6.07, 6.45) is 7.28. The molecule has 0 aliphatic carbocycles. The molecule has 2 rings (SSSR count). The van der Waals surface area contributed by atoms with Crippen LogP contribution in [0.5, 0.6) is 0 Å². The molecule has 0 radical (unpaired) electrons. The quantitative estimate of drug-likeness (QED) is 0.291. The van der Waals surface area contributed by atoms with E-state index in [1.807, 2.05) is 41.1 Å². The first kappa shape index (κ1) is 17.7. The van der Waals surface area contributed by atoms with Gasteiger partial charge in [0.25, 0.3) is 0 Å². The number of esters is 1. The van der Waals surface area contributed by atoms with Crippen molar-refractivity contribution in [2.45, 2.75) is 32.7 Å². The fraction of sp³-hybridized carbons (Fsp3) is 0.389. The summed E-state index contributed by atoms with van der Waals surface area (Å²) in [7, 11) is 0. The number of hydrogen-bond acceptors (Lipinski definition) is 5. The molecule has 0 amide bonds. The van der Waals surface area contributed by atoms with Gasteiger partial charge in [0.05, 0.1) is 19.5 Å². The number of carbonyl (C=O) groups is 1. The summed E-state index contributed by atoms with van der Waals surface area (Å²) < 4.78 is 6.83. The van der Waals surface area contributed by atoms with Crippen LogP contribution >= 0.6 is 0 Å². The number of oxime groups is 1. The zero-order chi connectivity index (χ0) is 17.0. The highest BCUT2D eigenvalue weighted by atomic mass is 16.6. The van der Waals surface area contributed by atoms with E-state index in [9.17, 15) is 4.79 Å². The maximum Gasteiger partial charge on any atom is 0.305 e. The second-order valence-corrected chi connectivity index (χ2v) is 5.23. The van der Waals surface area contributed by atoms with Gasteiger partial charge in [0, 0.05) is 24.4 Å². The molecule has 0 N–H and O–H groups in total. The number of aromatic nitrogens is 2. The minimum absolute atomic E-state index is 0.161. The van der Waals surface area contributed by atoms with Crippen molar-refractivity contribution in [2.24, 2.45) is 5.16 Å². The van der Waals surface area contributed by atoms with Crippen LogP contribution < -0.4 is 0 Å². The Morgan fingerprint density at radius 1 is 1.25 bits per heavy atom. The number of ether oxygens (including phenoxy) is 1. The number of imidazole rings is 1. The Hall–Kier alpha value is -2.63. The largest absolute Gasteiger partial charge is 0.466 e. The molecule has 1 aromatic heterocycles. The van der Waals surface area contributed by atoms with Crippen molar-refractivity contribution in [3.05, 3.63) is 54.6 Å². The Morgan fingerprint density at radius 3 is 2.79 bits per heavy atom. The van der Waals surface area contributed by atoms with E-state index in [4.69, 9.17) is 9.57 Å². The molecule has 6 nitrogen and oxygen atoms in total. The molecule has 1 aromatic carbocycles. The summed E-state index contributed by atoms with van der Waals surface area (Å²) in [5.74, 6) is -0.161. The predicted octanol–water partition coefficient (Wildman–Crippen LogP) is 3.04. The average molecular weight is 329 g/mol.